The number of aromatic nitrogens is 2. The first-order valence-corrected chi connectivity index (χ1v) is 15.9. The molecule has 0 radical (unpaired) electrons. The first-order chi connectivity index (χ1) is 19.7. The third-order valence-electron chi connectivity index (χ3n) is 7.96. The van der Waals surface area contributed by atoms with Gasteiger partial charge in [0.1, 0.15) is 28.9 Å². The number of H-pyrrole nitrogens is 1. The number of amides is 1. The number of likely N-dealkylation sites (tertiary alicyclic amines) is 1. The van der Waals surface area contributed by atoms with E-state index in [9.17, 15) is 13.2 Å². The molecule has 214 valence electrons. The van der Waals surface area contributed by atoms with Crippen LogP contribution in [0.25, 0.3) is 22.2 Å². The molecule has 4 aromatic rings. The smallest absolute Gasteiger partial charge is 0.254 e. The number of halogens is 1. The van der Waals surface area contributed by atoms with Crippen LogP contribution in [0.1, 0.15) is 47.1 Å². The zero-order valence-electron chi connectivity index (χ0n) is 23.2. The molecule has 2 aliphatic heterocycles. The number of imidazole rings is 1. The Bertz CT molecular complexity index is 1740. The molecule has 10 heteroatoms. The molecule has 1 saturated heterocycles. The monoisotopic (exact) mass is 576 g/mol. The molecule has 0 saturated carbocycles. The van der Waals surface area contributed by atoms with Gasteiger partial charge in [-0.15, -0.1) is 0 Å². The number of hydrogen-bond acceptors (Lipinski definition) is 6. The largest absolute Gasteiger partial charge is 0.491 e. The molecule has 1 N–H and O–H groups in total. The molecule has 2 aliphatic rings. The van der Waals surface area contributed by atoms with Crippen LogP contribution in [0.5, 0.6) is 5.75 Å². The Morgan fingerprint density at radius 2 is 1.80 bits per heavy atom. The fourth-order valence-electron chi connectivity index (χ4n) is 5.82. The standard InChI is InChI=1S/C31H33FN4O4S/c1-3-23-24(8-11-28(30(23)32)41(2,38)39)31(37)36-14-15-40-27-10-7-20(16-22(27)18-36)21-6-9-25-26(17-21)34-29(33-25)19-35-12-4-5-13-35/h6-11,16-17H,3-5,12-15,18-19H2,1-2H3,(H,33,34). The molecular weight excluding hydrogens is 543 g/mol. The molecule has 0 bridgehead atoms. The van der Waals surface area contributed by atoms with Gasteiger partial charge in [-0.2, -0.15) is 0 Å². The van der Waals surface area contributed by atoms with Crippen molar-refractivity contribution in [2.75, 3.05) is 32.5 Å². The van der Waals surface area contributed by atoms with E-state index in [4.69, 9.17) is 9.72 Å². The van der Waals surface area contributed by atoms with E-state index in [2.05, 4.69) is 16.0 Å². The normalized spacial score (nSPS) is 16.0. The van der Waals surface area contributed by atoms with Gasteiger partial charge in [-0.05, 0) is 79.9 Å². The maximum atomic E-state index is 15.1. The summed E-state index contributed by atoms with van der Waals surface area (Å²) in [5.41, 5.74) is 5.03. The quantitative estimate of drug-likeness (QED) is 0.349. The molecule has 0 unspecified atom stereocenters. The predicted molar refractivity (Wildman–Crippen MR) is 155 cm³/mol. The molecule has 0 aliphatic carbocycles. The van der Waals surface area contributed by atoms with E-state index in [1.807, 2.05) is 30.3 Å². The molecule has 0 spiro atoms. The lowest BCUT2D eigenvalue weighted by Crippen LogP contribution is -2.33. The number of nitrogens with zero attached hydrogens (tertiary/aromatic N) is 3. The van der Waals surface area contributed by atoms with Crippen LogP contribution >= 0.6 is 0 Å². The van der Waals surface area contributed by atoms with E-state index < -0.39 is 20.5 Å². The highest BCUT2D eigenvalue weighted by molar-refractivity contribution is 7.90. The van der Waals surface area contributed by atoms with Gasteiger partial charge in [-0.1, -0.05) is 19.1 Å². The number of carbonyl (C=O) groups is 1. The summed E-state index contributed by atoms with van der Waals surface area (Å²) >= 11 is 0. The van der Waals surface area contributed by atoms with E-state index in [0.717, 1.165) is 59.4 Å². The Hall–Kier alpha value is -3.76. The minimum Gasteiger partial charge on any atom is -0.491 e. The second kappa shape index (κ2) is 10.9. The van der Waals surface area contributed by atoms with Crippen molar-refractivity contribution in [3.63, 3.8) is 0 Å². The van der Waals surface area contributed by atoms with Crippen LogP contribution < -0.4 is 4.74 Å². The average Bonchev–Trinajstić information content (AvgIpc) is 3.55. The van der Waals surface area contributed by atoms with E-state index in [1.54, 1.807) is 11.8 Å². The van der Waals surface area contributed by atoms with Crippen molar-refractivity contribution in [1.29, 1.82) is 0 Å². The fourth-order valence-corrected chi connectivity index (χ4v) is 6.58. The summed E-state index contributed by atoms with van der Waals surface area (Å²) in [7, 11) is -3.76. The van der Waals surface area contributed by atoms with Gasteiger partial charge < -0.3 is 14.6 Å². The summed E-state index contributed by atoms with van der Waals surface area (Å²) in [4.78, 5) is 25.5. The molecule has 1 aromatic heterocycles. The van der Waals surface area contributed by atoms with Gasteiger partial charge in [0.25, 0.3) is 5.91 Å². The summed E-state index contributed by atoms with van der Waals surface area (Å²) in [6.07, 6.45) is 3.63. The third kappa shape index (κ3) is 5.46. The van der Waals surface area contributed by atoms with Gasteiger partial charge in [0.05, 0.1) is 24.1 Å². The third-order valence-corrected chi connectivity index (χ3v) is 9.07. The molecule has 1 fully saturated rings. The minimum absolute atomic E-state index is 0.106. The number of fused-ring (bicyclic) bond motifs is 2. The van der Waals surface area contributed by atoms with Crippen LogP contribution in [0, 0.1) is 5.82 Å². The Balaban J connectivity index is 1.27. The Labute approximate surface area is 239 Å². The van der Waals surface area contributed by atoms with Gasteiger partial charge in [0.2, 0.25) is 0 Å². The second-order valence-corrected chi connectivity index (χ2v) is 12.8. The first kappa shape index (κ1) is 27.4. The van der Waals surface area contributed by atoms with E-state index >= 15 is 4.39 Å². The summed E-state index contributed by atoms with van der Waals surface area (Å²) in [5.74, 6) is 0.462. The van der Waals surface area contributed by atoms with Gasteiger partial charge in [-0.25, -0.2) is 17.8 Å². The SMILES string of the molecule is CCc1c(C(=O)N2CCOc3ccc(-c4ccc5nc(CN6CCCC6)[nH]c5c4)cc3C2)ccc(S(C)(=O)=O)c1F. The Kier molecular flexibility index (Phi) is 7.29. The zero-order valence-corrected chi connectivity index (χ0v) is 24.1. The van der Waals surface area contributed by atoms with Gasteiger partial charge >= 0.3 is 0 Å². The maximum absolute atomic E-state index is 15.1. The van der Waals surface area contributed by atoms with Crippen LogP contribution in [-0.4, -0.2) is 66.6 Å². The molecule has 6 rings (SSSR count). The number of aromatic amines is 1. The molecule has 1 amide bonds. The molecule has 3 heterocycles. The van der Waals surface area contributed by atoms with Crippen LogP contribution in [-0.2, 0) is 29.3 Å². The molecule has 41 heavy (non-hydrogen) atoms. The van der Waals surface area contributed by atoms with Crippen molar-refractivity contribution in [2.45, 2.75) is 44.2 Å². The number of rotatable bonds is 6. The van der Waals surface area contributed by atoms with Gasteiger partial charge in [0.15, 0.2) is 9.84 Å². The van der Waals surface area contributed by atoms with Gasteiger partial charge in [-0.3, -0.25) is 9.69 Å². The van der Waals surface area contributed by atoms with Crippen LogP contribution in [0.3, 0.4) is 0 Å². The van der Waals surface area contributed by atoms with Crippen molar-refractivity contribution in [3.05, 3.63) is 76.9 Å². The highest BCUT2D eigenvalue weighted by Gasteiger charge is 2.27. The molecular formula is C31H33FN4O4S. The van der Waals surface area contributed by atoms with E-state index in [0.29, 0.717) is 18.9 Å². The van der Waals surface area contributed by atoms with Crippen LogP contribution in [0.4, 0.5) is 4.39 Å². The first-order valence-electron chi connectivity index (χ1n) is 14.0. The molecule has 3 aromatic carbocycles. The number of nitrogens with one attached hydrogen (secondary N) is 1. The highest BCUT2D eigenvalue weighted by atomic mass is 32.2. The number of carbonyl (C=O) groups excluding carboxylic acids is 1. The number of hydrogen-bond donors (Lipinski definition) is 1. The van der Waals surface area contributed by atoms with Crippen molar-refractivity contribution < 1.29 is 22.3 Å². The summed E-state index contributed by atoms with van der Waals surface area (Å²) < 4.78 is 45.2. The Morgan fingerprint density at radius 1 is 1.05 bits per heavy atom. The second-order valence-electron chi connectivity index (χ2n) is 10.8. The minimum atomic E-state index is -3.76. The maximum Gasteiger partial charge on any atom is 0.254 e. The van der Waals surface area contributed by atoms with E-state index in [1.165, 1.54) is 25.0 Å². The van der Waals surface area contributed by atoms with E-state index in [-0.39, 0.29) is 30.0 Å². The Morgan fingerprint density at radius 3 is 2.56 bits per heavy atom. The fraction of sp³-hybridized carbons (Fsp3) is 0.355. The van der Waals surface area contributed by atoms with Crippen LogP contribution in [0.2, 0.25) is 0 Å². The summed E-state index contributed by atoms with van der Waals surface area (Å²) in [6.45, 7) is 5.65. The van der Waals surface area contributed by atoms with Crippen molar-refractivity contribution >= 4 is 26.8 Å². The zero-order chi connectivity index (χ0) is 28.7. The number of benzene rings is 3. The van der Waals surface area contributed by atoms with Crippen molar-refractivity contribution in [1.82, 2.24) is 19.8 Å². The lowest BCUT2D eigenvalue weighted by Gasteiger charge is -2.22. The van der Waals surface area contributed by atoms with Crippen molar-refractivity contribution in [3.8, 4) is 16.9 Å². The van der Waals surface area contributed by atoms with Crippen LogP contribution in [0.15, 0.2) is 53.4 Å². The highest BCUT2D eigenvalue weighted by Crippen LogP contribution is 2.32. The molecule has 0 atom stereocenters. The van der Waals surface area contributed by atoms with Gasteiger partial charge in [0, 0.05) is 29.5 Å². The summed E-state index contributed by atoms with van der Waals surface area (Å²) in [5, 5.41) is 0. The summed E-state index contributed by atoms with van der Waals surface area (Å²) in [6, 6.07) is 14.7. The lowest BCUT2D eigenvalue weighted by molar-refractivity contribution is 0.0731. The predicted octanol–water partition coefficient (Wildman–Crippen LogP) is 4.97. The average molecular weight is 577 g/mol. The van der Waals surface area contributed by atoms with Crippen molar-refractivity contribution in [2.24, 2.45) is 0 Å². The number of ether oxygens (including phenoxy) is 1. The molecule has 8 nitrogen and oxygen atoms in total. The number of sulfone groups is 1. The lowest BCUT2D eigenvalue weighted by atomic mass is 10.0. The topological polar surface area (TPSA) is 95.6 Å².